The van der Waals surface area contributed by atoms with Crippen molar-refractivity contribution in [3.05, 3.63) is 35.4 Å². The Hall–Kier alpha value is -2.37. The second-order valence-electron chi connectivity index (χ2n) is 4.22. The normalized spacial score (nSPS) is 9.24. The molecule has 0 aliphatic carbocycles. The van der Waals surface area contributed by atoms with Crippen LogP contribution < -0.4 is 0 Å². The first-order chi connectivity index (χ1) is 9.92. The first-order valence-electron chi connectivity index (χ1n) is 6.55. The highest BCUT2D eigenvalue weighted by molar-refractivity contribution is 5.93. The van der Waals surface area contributed by atoms with Crippen molar-refractivity contribution >= 4 is 17.9 Å². The first-order valence-corrected chi connectivity index (χ1v) is 6.55. The molecule has 0 bridgehead atoms. The lowest BCUT2D eigenvalue weighted by Crippen LogP contribution is -2.01. The third-order valence-corrected chi connectivity index (χ3v) is 2.57. The molecule has 21 heavy (non-hydrogen) atoms. The summed E-state index contributed by atoms with van der Waals surface area (Å²) in [6, 6.07) is 5.20. The molecule has 0 amide bonds. The summed E-state index contributed by atoms with van der Waals surface area (Å²) >= 11 is 0. The summed E-state index contributed by atoms with van der Waals surface area (Å²) in [5.41, 5.74) is -0.0372. The smallest absolute Gasteiger partial charge is 0.335 e. The fraction of sp³-hybridized carbons (Fsp3) is 0.400. The number of carbonyl (C=O) groups excluding carboxylic acids is 1. The Labute approximate surface area is 123 Å². The Morgan fingerprint density at radius 2 is 1.57 bits per heavy atom. The molecule has 116 valence electrons. The number of aromatic carboxylic acids is 2. The summed E-state index contributed by atoms with van der Waals surface area (Å²) in [5.74, 6) is -2.35. The van der Waals surface area contributed by atoms with E-state index in [9.17, 15) is 14.4 Å². The molecule has 0 radical (unpaired) electrons. The molecule has 6 heteroatoms. The van der Waals surface area contributed by atoms with Gasteiger partial charge in [-0.1, -0.05) is 25.8 Å². The predicted octanol–water partition coefficient (Wildman–Crippen LogP) is 2.82. The van der Waals surface area contributed by atoms with Gasteiger partial charge in [-0.3, -0.25) is 4.79 Å². The number of esters is 1. The molecule has 0 aliphatic rings. The van der Waals surface area contributed by atoms with Crippen molar-refractivity contribution in [1.82, 2.24) is 0 Å². The van der Waals surface area contributed by atoms with E-state index in [2.05, 4.69) is 11.7 Å². The van der Waals surface area contributed by atoms with Crippen molar-refractivity contribution in [3.63, 3.8) is 0 Å². The maximum absolute atomic E-state index is 10.5. The Morgan fingerprint density at radius 1 is 1.05 bits per heavy atom. The summed E-state index contributed by atoms with van der Waals surface area (Å²) in [6.07, 6.45) is 3.81. The Balaban J connectivity index is 0.000000400. The molecule has 0 spiro atoms. The maximum atomic E-state index is 10.5. The number of carboxylic acids is 2. The van der Waals surface area contributed by atoms with Crippen LogP contribution in [0.5, 0.6) is 0 Å². The zero-order valence-corrected chi connectivity index (χ0v) is 12.2. The van der Waals surface area contributed by atoms with Crippen LogP contribution >= 0.6 is 0 Å². The monoisotopic (exact) mass is 296 g/mol. The average molecular weight is 296 g/mol. The van der Waals surface area contributed by atoms with Crippen LogP contribution in [0.3, 0.4) is 0 Å². The largest absolute Gasteiger partial charge is 0.478 e. The number of carbonyl (C=O) groups is 3. The van der Waals surface area contributed by atoms with Crippen molar-refractivity contribution in [2.75, 3.05) is 7.11 Å². The molecule has 6 nitrogen and oxygen atoms in total. The van der Waals surface area contributed by atoms with Gasteiger partial charge in [0, 0.05) is 6.42 Å². The number of hydrogen-bond donors (Lipinski definition) is 2. The molecule has 0 atom stereocenters. The third kappa shape index (κ3) is 8.41. The van der Waals surface area contributed by atoms with Crippen LogP contribution in [-0.4, -0.2) is 35.2 Å². The van der Waals surface area contributed by atoms with Crippen LogP contribution in [0.4, 0.5) is 0 Å². The van der Waals surface area contributed by atoms with Crippen LogP contribution in [0.2, 0.25) is 0 Å². The van der Waals surface area contributed by atoms with Gasteiger partial charge in [0.25, 0.3) is 0 Å². The molecule has 0 saturated heterocycles. The minimum absolute atomic E-state index is 0.0186. The van der Waals surface area contributed by atoms with E-state index in [1.165, 1.54) is 25.3 Å². The predicted molar refractivity (Wildman–Crippen MR) is 76.5 cm³/mol. The van der Waals surface area contributed by atoms with Crippen molar-refractivity contribution in [2.24, 2.45) is 0 Å². The zero-order valence-electron chi connectivity index (χ0n) is 12.2. The number of hydrogen-bond acceptors (Lipinski definition) is 4. The van der Waals surface area contributed by atoms with Crippen LogP contribution in [0.25, 0.3) is 0 Å². The molecule has 1 aromatic carbocycles. The fourth-order valence-corrected chi connectivity index (χ4v) is 1.41. The van der Waals surface area contributed by atoms with Gasteiger partial charge in [0.1, 0.15) is 0 Å². The van der Waals surface area contributed by atoms with E-state index in [1.54, 1.807) is 0 Å². The highest BCUT2D eigenvalue weighted by atomic mass is 16.5. The van der Waals surface area contributed by atoms with E-state index in [4.69, 9.17) is 10.2 Å². The Morgan fingerprint density at radius 3 is 1.95 bits per heavy atom. The van der Waals surface area contributed by atoms with E-state index in [-0.39, 0.29) is 17.1 Å². The second-order valence-corrected chi connectivity index (χ2v) is 4.22. The van der Waals surface area contributed by atoms with Crippen LogP contribution in [0, 0.1) is 0 Å². The number of methoxy groups -OCH3 is 1. The fourth-order valence-electron chi connectivity index (χ4n) is 1.41. The topological polar surface area (TPSA) is 101 Å². The van der Waals surface area contributed by atoms with Crippen LogP contribution in [0.1, 0.15) is 53.3 Å². The van der Waals surface area contributed by atoms with E-state index in [1.807, 2.05) is 0 Å². The average Bonchev–Trinajstić information content (AvgIpc) is 2.48. The summed E-state index contributed by atoms with van der Waals surface area (Å²) in [7, 11) is 1.42. The number of carboxylic acid groups (broad SMARTS) is 2. The molecule has 0 unspecified atom stereocenters. The van der Waals surface area contributed by atoms with Gasteiger partial charge in [-0.05, 0) is 24.6 Å². The molecule has 2 N–H and O–H groups in total. The number of rotatable bonds is 6. The maximum Gasteiger partial charge on any atom is 0.335 e. The van der Waals surface area contributed by atoms with Gasteiger partial charge in [-0.25, -0.2) is 9.59 Å². The van der Waals surface area contributed by atoms with Gasteiger partial charge in [0.15, 0.2) is 0 Å². The highest BCUT2D eigenvalue weighted by Gasteiger charge is 2.06. The van der Waals surface area contributed by atoms with Crippen LogP contribution in [0.15, 0.2) is 24.3 Å². The number of benzene rings is 1. The Kier molecular flexibility index (Phi) is 9.25. The standard InChI is InChI=1S/C8H6O4.C7H14O2/c9-7(10)5-2-1-3-6(4-5)8(11)12;1-3-4-5-6-7(8)9-2/h1-4H,(H,9,10)(H,11,12);3-6H2,1-2H3. The van der Waals surface area contributed by atoms with Gasteiger partial charge >= 0.3 is 17.9 Å². The van der Waals surface area contributed by atoms with Crippen molar-refractivity contribution in [2.45, 2.75) is 32.6 Å². The quantitative estimate of drug-likeness (QED) is 0.618. The molecular formula is C15H20O6. The molecule has 0 fully saturated rings. The minimum Gasteiger partial charge on any atom is -0.478 e. The van der Waals surface area contributed by atoms with Gasteiger partial charge in [-0.2, -0.15) is 0 Å². The SMILES string of the molecule is CCCCCC(=O)OC.O=C(O)c1cccc(C(=O)O)c1. The summed E-state index contributed by atoms with van der Waals surface area (Å²) in [4.78, 5) is 31.2. The number of unbranched alkanes of at least 4 members (excludes halogenated alkanes) is 2. The van der Waals surface area contributed by atoms with Crippen molar-refractivity contribution in [3.8, 4) is 0 Å². The van der Waals surface area contributed by atoms with Gasteiger partial charge in [-0.15, -0.1) is 0 Å². The highest BCUT2D eigenvalue weighted by Crippen LogP contribution is 2.04. The molecule has 0 heterocycles. The van der Waals surface area contributed by atoms with Crippen LogP contribution in [-0.2, 0) is 9.53 Å². The molecule has 1 aromatic rings. The third-order valence-electron chi connectivity index (χ3n) is 2.57. The van der Waals surface area contributed by atoms with E-state index >= 15 is 0 Å². The summed E-state index contributed by atoms with van der Waals surface area (Å²) < 4.78 is 4.46. The summed E-state index contributed by atoms with van der Waals surface area (Å²) in [5, 5.41) is 17.0. The van der Waals surface area contributed by atoms with Gasteiger partial charge in [0.05, 0.1) is 18.2 Å². The van der Waals surface area contributed by atoms with E-state index in [0.29, 0.717) is 6.42 Å². The zero-order chi connectivity index (χ0) is 16.3. The lowest BCUT2D eigenvalue weighted by Gasteiger charge is -1.95. The van der Waals surface area contributed by atoms with Gasteiger partial charge in [0.2, 0.25) is 0 Å². The van der Waals surface area contributed by atoms with E-state index in [0.717, 1.165) is 25.3 Å². The first kappa shape index (κ1) is 18.6. The van der Waals surface area contributed by atoms with Gasteiger partial charge < -0.3 is 14.9 Å². The minimum atomic E-state index is -1.13. The molecular weight excluding hydrogens is 276 g/mol. The lowest BCUT2D eigenvalue weighted by atomic mass is 10.1. The molecule has 0 aromatic heterocycles. The van der Waals surface area contributed by atoms with E-state index < -0.39 is 11.9 Å². The summed E-state index contributed by atoms with van der Waals surface area (Å²) in [6.45, 7) is 2.11. The van der Waals surface area contributed by atoms with Crippen molar-refractivity contribution in [1.29, 1.82) is 0 Å². The Bertz CT molecular complexity index is 452. The second kappa shape index (κ2) is 10.4. The molecule has 0 aliphatic heterocycles. The lowest BCUT2D eigenvalue weighted by molar-refractivity contribution is -0.140. The number of ether oxygens (including phenoxy) is 1. The van der Waals surface area contributed by atoms with Crippen molar-refractivity contribution < 1.29 is 29.3 Å². The molecule has 0 saturated carbocycles. The molecule has 1 rings (SSSR count).